The summed E-state index contributed by atoms with van der Waals surface area (Å²) in [6.45, 7) is 2.40. The van der Waals surface area contributed by atoms with Crippen LogP contribution < -0.4 is 17.0 Å². The summed E-state index contributed by atoms with van der Waals surface area (Å²) in [5.74, 6) is 0. The molecule has 1 nitrogen and oxygen atoms in total. The van der Waals surface area contributed by atoms with Crippen molar-refractivity contribution in [3.63, 3.8) is 0 Å². The fourth-order valence-electron chi connectivity index (χ4n) is 0.158. The predicted molar refractivity (Wildman–Crippen MR) is 22.0 cm³/mol. The van der Waals surface area contributed by atoms with Gasteiger partial charge in [-0.05, 0) is 6.42 Å². The summed E-state index contributed by atoms with van der Waals surface area (Å²) >= 11 is 0. The number of hydrogen-bond donors (Lipinski definition) is 1. The van der Waals surface area contributed by atoms with Gasteiger partial charge in [0, 0.05) is 6.61 Å². The van der Waals surface area contributed by atoms with E-state index in [4.69, 9.17) is 5.11 Å². The molecule has 0 saturated heterocycles. The zero-order chi connectivity index (χ0) is 4.12. The van der Waals surface area contributed by atoms with Crippen LogP contribution >= 0.6 is 0 Å². The van der Waals surface area contributed by atoms with E-state index in [1.54, 1.807) is 0 Å². The number of rotatable bonds is 2. The van der Waals surface area contributed by atoms with Gasteiger partial charge in [-0.25, -0.2) is 0 Å². The van der Waals surface area contributed by atoms with Crippen molar-refractivity contribution in [2.45, 2.75) is 19.8 Å². The molecule has 0 amide bonds. The molecule has 6 heavy (non-hydrogen) atoms. The van der Waals surface area contributed by atoms with Gasteiger partial charge in [-0.1, -0.05) is 13.3 Å². The molecule has 0 radical (unpaired) electrons. The van der Waals surface area contributed by atoms with Gasteiger partial charge in [0.15, 0.2) is 0 Å². The van der Waals surface area contributed by atoms with E-state index in [0.29, 0.717) is 6.61 Å². The van der Waals surface area contributed by atoms with Crippen LogP contribution in [0.25, 0.3) is 0 Å². The largest absolute Gasteiger partial charge is 1.00 e. The maximum atomic E-state index is 8.07. The third-order valence-corrected chi connectivity index (χ3v) is 0.512. The minimum atomic E-state index is 0. The second kappa shape index (κ2) is 9.06. The summed E-state index contributed by atoms with van der Waals surface area (Å²) in [4.78, 5) is 0. The highest BCUT2D eigenvalue weighted by Gasteiger charge is 1.69. The predicted octanol–water partition coefficient (Wildman–Crippen LogP) is -2.22. The quantitative estimate of drug-likeness (QED) is 0.477. The van der Waals surface area contributed by atoms with Crippen LogP contribution in [0.3, 0.4) is 0 Å². The van der Waals surface area contributed by atoms with Crippen LogP contribution in [0.2, 0.25) is 0 Å². The lowest BCUT2D eigenvalue weighted by molar-refractivity contribution is -0.00000234. The summed E-state index contributed by atoms with van der Waals surface area (Å²) in [5.41, 5.74) is 0. The first-order valence-electron chi connectivity index (χ1n) is 2.02. The third-order valence-electron chi connectivity index (χ3n) is 0.512. The van der Waals surface area contributed by atoms with E-state index in [9.17, 15) is 0 Å². The second-order valence-corrected chi connectivity index (χ2v) is 1.08. The van der Waals surface area contributed by atoms with Crippen molar-refractivity contribution in [1.82, 2.24) is 0 Å². The van der Waals surface area contributed by atoms with Crippen molar-refractivity contribution >= 4 is 0 Å². The lowest BCUT2D eigenvalue weighted by Gasteiger charge is -1.79. The molecular weight excluding hydrogens is 144 g/mol. The van der Waals surface area contributed by atoms with Crippen LogP contribution in [0, 0.1) is 0 Å². The topological polar surface area (TPSA) is 20.2 Å². The smallest absolute Gasteiger partial charge is 0.0430 e. The first-order chi connectivity index (χ1) is 2.41. The molecule has 0 atom stereocenters. The average Bonchev–Trinajstić information content (AvgIpc) is 1.41. The molecule has 2 heteroatoms. The number of aliphatic hydroxyl groups is 1. The van der Waals surface area contributed by atoms with Gasteiger partial charge >= 0.3 is 0 Å². The fourth-order valence-corrected chi connectivity index (χ4v) is 0.158. The van der Waals surface area contributed by atoms with E-state index in [1.165, 1.54) is 0 Å². The molecule has 0 aliphatic carbocycles. The SMILES string of the molecule is CCCCO.[Br-]. The molecule has 0 aromatic heterocycles. The van der Waals surface area contributed by atoms with Crippen molar-refractivity contribution in [2.75, 3.05) is 6.61 Å². The Balaban J connectivity index is 0. The molecule has 40 valence electrons. The minimum Gasteiger partial charge on any atom is -1.00 e. The molecule has 0 aliphatic heterocycles. The maximum Gasteiger partial charge on any atom is 0.0430 e. The van der Waals surface area contributed by atoms with Gasteiger partial charge < -0.3 is 22.1 Å². The molecule has 1 N–H and O–H groups in total. The van der Waals surface area contributed by atoms with E-state index < -0.39 is 0 Å². The van der Waals surface area contributed by atoms with Crippen molar-refractivity contribution in [3.05, 3.63) is 0 Å². The van der Waals surface area contributed by atoms with Gasteiger partial charge in [0.25, 0.3) is 0 Å². The van der Waals surface area contributed by atoms with Crippen molar-refractivity contribution in [1.29, 1.82) is 0 Å². The molecule has 0 bridgehead atoms. The molecule has 0 saturated carbocycles. The number of aliphatic hydroxyl groups excluding tert-OH is 1. The molecule has 0 rings (SSSR count). The van der Waals surface area contributed by atoms with E-state index in [-0.39, 0.29) is 17.0 Å². The summed E-state index contributed by atoms with van der Waals surface area (Å²) in [5, 5.41) is 8.07. The van der Waals surface area contributed by atoms with Crippen LogP contribution in [0.5, 0.6) is 0 Å². The first-order valence-corrected chi connectivity index (χ1v) is 2.02. The van der Waals surface area contributed by atoms with Gasteiger partial charge in [0.05, 0.1) is 0 Å². The van der Waals surface area contributed by atoms with Gasteiger partial charge in [0.1, 0.15) is 0 Å². The van der Waals surface area contributed by atoms with E-state index in [1.807, 2.05) is 0 Å². The summed E-state index contributed by atoms with van der Waals surface area (Å²) in [6.07, 6.45) is 2.04. The number of hydrogen-bond acceptors (Lipinski definition) is 1. The Bertz CT molecular complexity index is 15.0. The maximum absolute atomic E-state index is 8.07. The standard InChI is InChI=1S/C4H10O.BrH/c1-2-3-4-5;/h5H,2-4H2,1H3;1H/p-1. The molecule has 0 fully saturated rings. The third kappa shape index (κ3) is 8.83. The Hall–Kier alpha value is 0.440. The van der Waals surface area contributed by atoms with Gasteiger partial charge in [0.2, 0.25) is 0 Å². The highest BCUT2D eigenvalue weighted by molar-refractivity contribution is 4.23. The zero-order valence-corrected chi connectivity index (χ0v) is 5.53. The number of halogens is 1. The Kier molecular flexibility index (Phi) is 14.6. The van der Waals surface area contributed by atoms with Gasteiger partial charge in [-0.3, -0.25) is 0 Å². The second-order valence-electron chi connectivity index (χ2n) is 1.08. The van der Waals surface area contributed by atoms with Crippen LogP contribution in [-0.4, -0.2) is 11.7 Å². The Morgan fingerprint density at radius 2 is 2.00 bits per heavy atom. The monoisotopic (exact) mass is 153 g/mol. The molecule has 0 unspecified atom stereocenters. The first kappa shape index (κ1) is 9.67. The highest BCUT2D eigenvalue weighted by Crippen LogP contribution is 1.78. The molecular formula is C4H10BrO-. The van der Waals surface area contributed by atoms with E-state index in [2.05, 4.69) is 6.92 Å². The molecule has 0 aromatic carbocycles. The van der Waals surface area contributed by atoms with Crippen LogP contribution in [0.4, 0.5) is 0 Å². The fraction of sp³-hybridized carbons (Fsp3) is 1.00. The van der Waals surface area contributed by atoms with Crippen molar-refractivity contribution < 1.29 is 22.1 Å². The Morgan fingerprint density at radius 1 is 1.50 bits per heavy atom. The Morgan fingerprint density at radius 3 is 2.00 bits per heavy atom. The van der Waals surface area contributed by atoms with Crippen molar-refractivity contribution in [2.24, 2.45) is 0 Å². The molecule has 0 aliphatic rings. The summed E-state index contributed by atoms with van der Waals surface area (Å²) in [6, 6.07) is 0. The molecule has 0 heterocycles. The summed E-state index contributed by atoms with van der Waals surface area (Å²) < 4.78 is 0. The van der Waals surface area contributed by atoms with Crippen LogP contribution in [0.15, 0.2) is 0 Å². The normalized spacial score (nSPS) is 7.00. The lowest BCUT2D eigenvalue weighted by atomic mass is 10.4. The minimum absolute atomic E-state index is 0. The number of unbranched alkanes of at least 4 members (excludes halogenated alkanes) is 1. The Labute approximate surface area is 49.1 Å². The van der Waals surface area contributed by atoms with E-state index in [0.717, 1.165) is 12.8 Å². The lowest BCUT2D eigenvalue weighted by Crippen LogP contribution is -3.00. The van der Waals surface area contributed by atoms with Crippen LogP contribution in [-0.2, 0) is 0 Å². The van der Waals surface area contributed by atoms with Crippen molar-refractivity contribution in [3.8, 4) is 0 Å². The van der Waals surface area contributed by atoms with Gasteiger partial charge in [-0.2, -0.15) is 0 Å². The molecule has 0 spiro atoms. The van der Waals surface area contributed by atoms with Gasteiger partial charge in [-0.15, -0.1) is 0 Å². The molecule has 0 aromatic rings. The van der Waals surface area contributed by atoms with Crippen LogP contribution in [0.1, 0.15) is 19.8 Å². The summed E-state index contributed by atoms with van der Waals surface area (Å²) in [7, 11) is 0. The zero-order valence-electron chi connectivity index (χ0n) is 3.95. The highest BCUT2D eigenvalue weighted by atomic mass is 79.9. The average molecular weight is 154 g/mol. The van der Waals surface area contributed by atoms with E-state index >= 15 is 0 Å².